The summed E-state index contributed by atoms with van der Waals surface area (Å²) in [5.41, 5.74) is 0. The van der Waals surface area contributed by atoms with Gasteiger partial charge in [-0.05, 0) is 0 Å². The number of nitrogens with one attached hydrogen (secondary N) is 2. The summed E-state index contributed by atoms with van der Waals surface area (Å²) >= 11 is 0. The highest BCUT2D eigenvalue weighted by molar-refractivity contribution is 5.73. The molecule has 106 heavy (non-hydrogen) atoms. The minimum Gasteiger partial charge on any atom is -0.394 e. The van der Waals surface area contributed by atoms with E-state index in [4.69, 9.17) is 80.5 Å². The number of amides is 2. The van der Waals surface area contributed by atoms with Crippen molar-refractivity contribution in [1.82, 2.24) is 10.6 Å². The van der Waals surface area contributed by atoms with Crippen LogP contribution < -0.4 is 10.6 Å². The fourth-order valence-electron chi connectivity index (χ4n) is 13.5. The second-order valence-electron chi connectivity index (χ2n) is 26.7. The molecule has 9 fully saturated rings. The topological polar surface area (TPSA) is 761 Å². The molecule has 29 N–H and O–H groups in total. The van der Waals surface area contributed by atoms with E-state index in [1.807, 2.05) is 0 Å². The van der Waals surface area contributed by atoms with E-state index in [1.54, 1.807) is 0 Å². The van der Waals surface area contributed by atoms with Crippen molar-refractivity contribution < 1.29 is 228 Å². The summed E-state index contributed by atoms with van der Waals surface area (Å²) < 4.78 is 98.9. The first-order valence-electron chi connectivity index (χ1n) is 33.7. The van der Waals surface area contributed by atoms with Gasteiger partial charge in [-0.2, -0.15) is 0 Å². The molecule has 9 aliphatic rings. The Bertz CT molecular complexity index is 2710. The zero-order valence-corrected chi connectivity index (χ0v) is 56.2. The molecule has 0 spiro atoms. The van der Waals surface area contributed by atoms with Crippen LogP contribution in [0.5, 0.6) is 0 Å². The lowest BCUT2D eigenvalue weighted by atomic mass is 9.94. The number of rotatable bonds is 27. The fourth-order valence-corrected chi connectivity index (χ4v) is 13.5. The van der Waals surface area contributed by atoms with Crippen molar-refractivity contribution in [3.05, 3.63) is 0 Å². The van der Waals surface area contributed by atoms with Crippen molar-refractivity contribution in [2.45, 2.75) is 290 Å². The van der Waals surface area contributed by atoms with Gasteiger partial charge in [-0.15, -0.1) is 0 Å². The quantitative estimate of drug-likeness (QED) is 0.0363. The largest absolute Gasteiger partial charge is 0.394 e. The molecule has 0 aromatic rings. The number of hydrogen-bond acceptors (Lipinski definition) is 46. The van der Waals surface area contributed by atoms with Gasteiger partial charge >= 0.3 is 0 Å². The molecule has 9 rings (SSSR count). The highest BCUT2D eigenvalue weighted by Gasteiger charge is 2.61. The number of ether oxygens (including phenoxy) is 17. The van der Waals surface area contributed by atoms with Crippen LogP contribution in [0.2, 0.25) is 0 Å². The average molecular weight is 1560 g/mol. The van der Waals surface area contributed by atoms with Crippen LogP contribution in [-0.2, 0) is 90.1 Å². The summed E-state index contributed by atoms with van der Waals surface area (Å²) in [6, 6.07) is -3.54. The maximum Gasteiger partial charge on any atom is 0.217 e. The van der Waals surface area contributed by atoms with Crippen LogP contribution in [0.3, 0.4) is 0 Å². The summed E-state index contributed by atoms with van der Waals surface area (Å²) in [5, 5.41) is 301. The minimum atomic E-state index is -2.57. The van der Waals surface area contributed by atoms with Crippen LogP contribution in [-0.4, -0.2) is 485 Å². The van der Waals surface area contributed by atoms with Gasteiger partial charge in [0.25, 0.3) is 0 Å². The molecular formula is C58H98N2O46. The molecule has 48 heteroatoms. The van der Waals surface area contributed by atoms with Gasteiger partial charge in [0.05, 0.1) is 59.5 Å². The number of aliphatic hydroxyl groups excluding tert-OH is 27. The van der Waals surface area contributed by atoms with E-state index in [1.165, 1.54) is 0 Å². The van der Waals surface area contributed by atoms with E-state index in [0.29, 0.717) is 0 Å². The first-order valence-corrected chi connectivity index (χ1v) is 33.7. The minimum absolute atomic E-state index is 0.782. The van der Waals surface area contributed by atoms with Crippen LogP contribution in [0.1, 0.15) is 13.8 Å². The van der Waals surface area contributed by atoms with E-state index < -0.39 is 348 Å². The summed E-state index contributed by atoms with van der Waals surface area (Å²) in [6.45, 7) is -7.60. The first-order chi connectivity index (χ1) is 50.2. The lowest BCUT2D eigenvalue weighted by Crippen LogP contribution is -2.70. The van der Waals surface area contributed by atoms with Crippen molar-refractivity contribution >= 4 is 11.8 Å². The average Bonchev–Trinajstić information content (AvgIpc) is 0.773. The Morgan fingerprint density at radius 2 is 0.509 bits per heavy atom. The van der Waals surface area contributed by atoms with Gasteiger partial charge in [-0.25, -0.2) is 0 Å². The Morgan fingerprint density at radius 3 is 0.915 bits per heavy atom. The number of hydrogen-bond donors (Lipinski definition) is 29. The molecule has 45 atom stereocenters. The number of aliphatic hydroxyl groups is 27. The Hall–Kier alpha value is -2.82. The van der Waals surface area contributed by atoms with Gasteiger partial charge in [-0.1, -0.05) is 0 Å². The SMILES string of the molecule is CC(=O)N[C@@H]1[C@@H](O)[C@H](O[C@@H]2O[C@H](CO)[C@@H](O[C@@H]3O[C@H](CO[C@H]4O[C@H](CO[C@H]5O[C@H](CO)[C@@H](O)[C@H](O)[C@@H]5O)[C@@H](O)[C@H](O)[C@@H]4O)[C@@H](O)[C@H](O[C@H]4O[C@H](CO)[C@@H](O)[C@H](O)[C@@H]4O[C@H]4O[C@H](CO)[C@@H](O)[C@H](O)[C@@H]4O[C@H]4O[C@H](CO)[C@@H](O)[C@H](O)[C@@H]4O[C@H]4O[C@H](CO)[C@@H](O)[C@H](O)[C@H]4O)[C@@H]3O)[C@H](O)[C@H]2NC(C)=O)[C@@H](CO)O[C@H]1O. The van der Waals surface area contributed by atoms with Crippen LogP contribution in [0.4, 0.5) is 0 Å². The van der Waals surface area contributed by atoms with Crippen LogP contribution in [0.15, 0.2) is 0 Å². The Labute approximate surface area is 598 Å². The monoisotopic (exact) mass is 1560 g/mol. The summed E-state index contributed by atoms with van der Waals surface area (Å²) in [6.07, 6.45) is -90.7. The highest BCUT2D eigenvalue weighted by atomic mass is 16.8. The second-order valence-corrected chi connectivity index (χ2v) is 26.7. The molecule has 0 bridgehead atoms. The molecule has 0 aliphatic carbocycles. The first kappa shape index (κ1) is 87.2. The Kier molecular flexibility index (Phi) is 31.1. The van der Waals surface area contributed by atoms with Gasteiger partial charge in [0.2, 0.25) is 11.8 Å². The van der Waals surface area contributed by atoms with Crippen molar-refractivity contribution in [2.75, 3.05) is 59.5 Å². The van der Waals surface area contributed by atoms with E-state index >= 15 is 0 Å². The van der Waals surface area contributed by atoms with Gasteiger partial charge in [-0.3, -0.25) is 9.59 Å². The molecule has 9 heterocycles. The normalized spacial score (nSPS) is 51.2. The molecule has 9 saturated heterocycles. The molecule has 2 amide bonds. The van der Waals surface area contributed by atoms with Crippen molar-refractivity contribution in [1.29, 1.82) is 0 Å². The third-order valence-electron chi connectivity index (χ3n) is 19.5. The van der Waals surface area contributed by atoms with E-state index in [0.717, 1.165) is 13.8 Å². The van der Waals surface area contributed by atoms with Crippen molar-refractivity contribution in [3.8, 4) is 0 Å². The Balaban J connectivity index is 1.03. The van der Waals surface area contributed by atoms with Crippen molar-refractivity contribution in [3.63, 3.8) is 0 Å². The number of carbonyl (C=O) groups excluding carboxylic acids is 2. The second kappa shape index (κ2) is 37.9. The predicted octanol–water partition coefficient (Wildman–Crippen LogP) is -20.3. The summed E-state index contributed by atoms with van der Waals surface area (Å²) in [5.74, 6) is -1.72. The lowest BCUT2D eigenvalue weighted by Gasteiger charge is -2.51. The third-order valence-corrected chi connectivity index (χ3v) is 19.5. The van der Waals surface area contributed by atoms with E-state index in [2.05, 4.69) is 10.6 Å². The molecule has 0 radical (unpaired) electrons. The van der Waals surface area contributed by atoms with Gasteiger partial charge in [0.1, 0.15) is 220 Å². The van der Waals surface area contributed by atoms with Crippen LogP contribution in [0, 0.1) is 0 Å². The third kappa shape index (κ3) is 18.7. The van der Waals surface area contributed by atoms with Crippen LogP contribution in [0.25, 0.3) is 0 Å². The number of carbonyl (C=O) groups is 2. The summed E-state index contributed by atoms with van der Waals surface area (Å²) in [7, 11) is 0. The fraction of sp³-hybridized carbons (Fsp3) is 0.966. The van der Waals surface area contributed by atoms with E-state index in [-0.39, 0.29) is 0 Å². The van der Waals surface area contributed by atoms with Crippen molar-refractivity contribution in [2.24, 2.45) is 0 Å². The molecule has 0 aromatic carbocycles. The molecule has 616 valence electrons. The molecule has 0 unspecified atom stereocenters. The lowest BCUT2D eigenvalue weighted by molar-refractivity contribution is -0.414. The summed E-state index contributed by atoms with van der Waals surface area (Å²) in [4.78, 5) is 25.0. The maximum atomic E-state index is 12.9. The van der Waals surface area contributed by atoms with Gasteiger partial charge < -0.3 is 229 Å². The molecule has 0 saturated carbocycles. The molecule has 0 aromatic heterocycles. The van der Waals surface area contributed by atoms with Crippen LogP contribution >= 0.6 is 0 Å². The zero-order valence-electron chi connectivity index (χ0n) is 56.2. The molecular weight excluding hydrogens is 1460 g/mol. The standard InChI is InChI=1S/C58H98N2O46/c1-12(68)59-23-32(77)44(19(8-66)92-50(23)89)101-51-24(60-13(2)69)33(78)45(20(9-67)98-51)102-55-43(88)46(31(76)22(100-55)11-91-53-41(86)36(81)30(75)21(99-53)10-90-52-40(85)34(79)25(70)14(3-61)93-52)103-56-48(38(83)28(73)16(5-63)95-56)105-58-49(39(84)29(74)18(7-65)97-58)106-57-47(37(82)27(72)17(6-64)96-57)104-54-42(87)35(80)26(71)15(4-62)94-54/h14-58,61-67,70-89H,3-11H2,1-2H3,(H,59,68)(H,60,69)/t14-,15-,16-,17-,18-,19-,20-,21-,22-,23-,24-,25-,26-,27-,28-,29-,30-,31-,32-,33-,34+,35+,36+,37+,38+,39+,40+,41+,42-,43+,44-,45-,46+,47+,48+,49+,50-,51+,52+,53+,54-,55+,56-,57-,58-/m1/s1. The molecule has 9 aliphatic heterocycles. The van der Waals surface area contributed by atoms with Gasteiger partial charge in [0, 0.05) is 13.8 Å². The van der Waals surface area contributed by atoms with Gasteiger partial charge in [0.15, 0.2) is 56.6 Å². The van der Waals surface area contributed by atoms with E-state index in [9.17, 15) is 147 Å². The molecule has 48 nitrogen and oxygen atoms in total. The highest BCUT2D eigenvalue weighted by Crippen LogP contribution is 2.40. The Morgan fingerprint density at radius 1 is 0.245 bits per heavy atom. The smallest absolute Gasteiger partial charge is 0.217 e. The zero-order chi connectivity index (χ0) is 77.9. The maximum absolute atomic E-state index is 12.9. The predicted molar refractivity (Wildman–Crippen MR) is 320 cm³/mol.